The zero-order valence-electron chi connectivity index (χ0n) is 17.5. The first-order valence-electron chi connectivity index (χ1n) is 10.3. The molecule has 1 aliphatic heterocycles. The van der Waals surface area contributed by atoms with Gasteiger partial charge in [0.25, 0.3) is 5.91 Å². The summed E-state index contributed by atoms with van der Waals surface area (Å²) in [6, 6.07) is 19.1. The fourth-order valence-electron chi connectivity index (χ4n) is 3.62. The Labute approximate surface area is 184 Å². The molecule has 0 radical (unpaired) electrons. The van der Waals surface area contributed by atoms with Crippen molar-refractivity contribution in [1.29, 1.82) is 0 Å². The van der Waals surface area contributed by atoms with Gasteiger partial charge in [0.1, 0.15) is 18.0 Å². The highest BCUT2D eigenvalue weighted by Crippen LogP contribution is 2.37. The highest BCUT2D eigenvalue weighted by Gasteiger charge is 2.21. The molecule has 4 aromatic rings. The molecule has 0 unspecified atom stereocenters. The van der Waals surface area contributed by atoms with Crippen LogP contribution in [-0.2, 0) is 13.2 Å². The van der Waals surface area contributed by atoms with Crippen LogP contribution in [0.2, 0.25) is 0 Å². The normalized spacial score (nSPS) is 12.7. The van der Waals surface area contributed by atoms with E-state index >= 15 is 0 Å². The number of nitrogens with one attached hydrogen (secondary N) is 1. The summed E-state index contributed by atoms with van der Waals surface area (Å²) in [4.78, 5) is 21.3. The first kappa shape index (κ1) is 19.7. The number of amides is 1. The summed E-state index contributed by atoms with van der Waals surface area (Å²) in [5.74, 6) is 1.52. The Morgan fingerprint density at radius 2 is 1.94 bits per heavy atom. The van der Waals surface area contributed by atoms with Crippen LogP contribution in [0.3, 0.4) is 0 Å². The number of hydrogen-bond donors (Lipinski definition) is 1. The van der Waals surface area contributed by atoms with Crippen molar-refractivity contribution in [1.82, 2.24) is 25.1 Å². The van der Waals surface area contributed by atoms with E-state index in [0.717, 1.165) is 5.56 Å². The van der Waals surface area contributed by atoms with Gasteiger partial charge >= 0.3 is 0 Å². The Balaban J connectivity index is 1.51. The molecule has 0 spiro atoms. The fourth-order valence-corrected chi connectivity index (χ4v) is 3.62. The van der Waals surface area contributed by atoms with Crippen molar-refractivity contribution in [3.8, 4) is 34.3 Å². The van der Waals surface area contributed by atoms with Gasteiger partial charge in [-0.3, -0.25) is 9.48 Å². The Morgan fingerprint density at radius 3 is 2.75 bits per heavy atom. The molecule has 0 saturated heterocycles. The van der Waals surface area contributed by atoms with Crippen LogP contribution in [-0.4, -0.2) is 39.3 Å². The highest BCUT2D eigenvalue weighted by molar-refractivity contribution is 5.94. The van der Waals surface area contributed by atoms with Gasteiger partial charge in [-0.1, -0.05) is 36.4 Å². The monoisotopic (exact) mass is 427 g/mol. The first-order chi connectivity index (χ1) is 15.7. The lowest BCUT2D eigenvalue weighted by Crippen LogP contribution is -2.35. The van der Waals surface area contributed by atoms with E-state index < -0.39 is 0 Å². The molecule has 2 aromatic carbocycles. The third-order valence-corrected chi connectivity index (χ3v) is 5.21. The van der Waals surface area contributed by atoms with E-state index in [4.69, 9.17) is 14.5 Å². The lowest BCUT2D eigenvalue weighted by atomic mass is 10.1. The standard InChI is InChI=1S/C24H21N5O3/c1-31-21-9-5-8-17(22(21)32-15-16-6-3-2-4-7-16)23-25-11-10-18(27-23)19-14-20-24(30)26-12-13-29(20)28-19/h2-11,14H,12-13,15H2,1H3,(H,26,30). The molecule has 1 amide bonds. The van der Waals surface area contributed by atoms with E-state index in [0.29, 0.717) is 59.7 Å². The molecule has 5 rings (SSSR count). The summed E-state index contributed by atoms with van der Waals surface area (Å²) in [7, 11) is 1.60. The SMILES string of the molecule is COc1cccc(-c2nccc(-c3cc4n(n3)CCNC4=O)n2)c1OCc1ccccc1. The molecule has 0 fully saturated rings. The van der Waals surface area contributed by atoms with Crippen molar-refractivity contribution >= 4 is 5.91 Å². The maximum atomic E-state index is 12.1. The minimum Gasteiger partial charge on any atom is -0.493 e. The Bertz CT molecular complexity index is 1270. The zero-order valence-corrected chi connectivity index (χ0v) is 17.5. The summed E-state index contributed by atoms with van der Waals surface area (Å²) in [5, 5.41) is 7.37. The number of aromatic nitrogens is 4. The van der Waals surface area contributed by atoms with E-state index in [1.54, 1.807) is 30.1 Å². The summed E-state index contributed by atoms with van der Waals surface area (Å²) >= 11 is 0. The minimum atomic E-state index is -0.131. The molecular formula is C24H21N5O3. The van der Waals surface area contributed by atoms with Gasteiger partial charge in [-0.05, 0) is 29.8 Å². The topological polar surface area (TPSA) is 91.2 Å². The number of carbonyl (C=O) groups excluding carboxylic acids is 1. The second-order valence-corrected chi connectivity index (χ2v) is 7.27. The van der Waals surface area contributed by atoms with E-state index in [2.05, 4.69) is 15.4 Å². The number of nitrogens with zero attached hydrogens (tertiary/aromatic N) is 4. The molecule has 8 nitrogen and oxygen atoms in total. The number of benzene rings is 2. The van der Waals surface area contributed by atoms with Crippen molar-refractivity contribution in [2.24, 2.45) is 0 Å². The lowest BCUT2D eigenvalue weighted by Gasteiger charge is -2.15. The number of carbonyl (C=O) groups is 1. The van der Waals surface area contributed by atoms with Crippen molar-refractivity contribution in [3.05, 3.63) is 78.1 Å². The Morgan fingerprint density at radius 1 is 1.06 bits per heavy atom. The van der Waals surface area contributed by atoms with Crippen molar-refractivity contribution in [3.63, 3.8) is 0 Å². The van der Waals surface area contributed by atoms with Gasteiger partial charge in [0.15, 0.2) is 17.3 Å². The second kappa shape index (κ2) is 8.50. The van der Waals surface area contributed by atoms with Crippen LogP contribution in [0, 0.1) is 0 Å². The fraction of sp³-hybridized carbons (Fsp3) is 0.167. The van der Waals surface area contributed by atoms with Crippen molar-refractivity contribution in [2.75, 3.05) is 13.7 Å². The van der Waals surface area contributed by atoms with Gasteiger partial charge in [0.05, 0.1) is 24.9 Å². The molecule has 0 atom stereocenters. The van der Waals surface area contributed by atoms with E-state index in [1.165, 1.54) is 0 Å². The van der Waals surface area contributed by atoms with Crippen molar-refractivity contribution in [2.45, 2.75) is 13.2 Å². The average Bonchev–Trinajstić information content (AvgIpc) is 3.29. The van der Waals surface area contributed by atoms with E-state index in [-0.39, 0.29) is 5.91 Å². The van der Waals surface area contributed by atoms with Gasteiger partial charge in [0, 0.05) is 12.7 Å². The molecule has 1 N–H and O–H groups in total. The van der Waals surface area contributed by atoms with E-state index in [9.17, 15) is 4.79 Å². The van der Waals surface area contributed by atoms with Crippen LogP contribution < -0.4 is 14.8 Å². The molecule has 0 aliphatic carbocycles. The number of rotatable bonds is 6. The van der Waals surface area contributed by atoms with Crippen LogP contribution >= 0.6 is 0 Å². The van der Waals surface area contributed by atoms with Gasteiger partial charge in [0.2, 0.25) is 0 Å². The summed E-state index contributed by atoms with van der Waals surface area (Å²) < 4.78 is 13.4. The van der Waals surface area contributed by atoms with Crippen LogP contribution in [0.4, 0.5) is 0 Å². The van der Waals surface area contributed by atoms with Gasteiger partial charge in [-0.2, -0.15) is 5.10 Å². The van der Waals surface area contributed by atoms with Gasteiger partial charge < -0.3 is 14.8 Å². The molecule has 0 bridgehead atoms. The minimum absolute atomic E-state index is 0.131. The predicted molar refractivity (Wildman–Crippen MR) is 118 cm³/mol. The van der Waals surface area contributed by atoms with Crippen molar-refractivity contribution < 1.29 is 14.3 Å². The van der Waals surface area contributed by atoms with E-state index in [1.807, 2.05) is 48.5 Å². The summed E-state index contributed by atoms with van der Waals surface area (Å²) in [6.07, 6.45) is 1.68. The van der Waals surface area contributed by atoms with Gasteiger partial charge in [-0.15, -0.1) is 0 Å². The zero-order chi connectivity index (χ0) is 21.9. The lowest BCUT2D eigenvalue weighted by molar-refractivity contribution is 0.0924. The molecule has 2 aromatic heterocycles. The maximum absolute atomic E-state index is 12.1. The molecule has 3 heterocycles. The molecule has 8 heteroatoms. The van der Waals surface area contributed by atoms with Gasteiger partial charge in [-0.25, -0.2) is 9.97 Å². The predicted octanol–water partition coefficient (Wildman–Crippen LogP) is 3.34. The molecule has 160 valence electrons. The molecule has 1 aliphatic rings. The number of para-hydroxylation sites is 1. The third-order valence-electron chi connectivity index (χ3n) is 5.21. The summed E-state index contributed by atoms with van der Waals surface area (Å²) in [5.41, 5.74) is 3.53. The van der Waals surface area contributed by atoms with Crippen LogP contribution in [0.15, 0.2) is 66.9 Å². The number of methoxy groups -OCH3 is 1. The number of ether oxygens (including phenoxy) is 2. The Hall–Kier alpha value is -4.20. The second-order valence-electron chi connectivity index (χ2n) is 7.27. The smallest absolute Gasteiger partial charge is 0.269 e. The maximum Gasteiger partial charge on any atom is 0.269 e. The first-order valence-corrected chi connectivity index (χ1v) is 10.3. The summed E-state index contributed by atoms with van der Waals surface area (Å²) in [6.45, 7) is 1.58. The van der Waals surface area contributed by atoms with Crippen LogP contribution in [0.25, 0.3) is 22.8 Å². The quantitative estimate of drug-likeness (QED) is 0.508. The number of fused-ring (bicyclic) bond motifs is 1. The molecule has 32 heavy (non-hydrogen) atoms. The molecule has 0 saturated carbocycles. The Kier molecular flexibility index (Phi) is 5.25. The van der Waals surface area contributed by atoms with Crippen LogP contribution in [0.1, 0.15) is 16.1 Å². The average molecular weight is 427 g/mol. The third kappa shape index (κ3) is 3.78. The van der Waals surface area contributed by atoms with Crippen LogP contribution in [0.5, 0.6) is 11.5 Å². The number of hydrogen-bond acceptors (Lipinski definition) is 6. The molecular weight excluding hydrogens is 406 g/mol. The largest absolute Gasteiger partial charge is 0.493 e. The highest BCUT2D eigenvalue weighted by atomic mass is 16.5.